The van der Waals surface area contributed by atoms with Crippen molar-refractivity contribution in [2.24, 2.45) is 5.92 Å². The summed E-state index contributed by atoms with van der Waals surface area (Å²) < 4.78 is 5.80. The maximum absolute atomic E-state index is 13.2. The molecule has 2 amide bonds. The number of ether oxygens (including phenoxy) is 1. The lowest BCUT2D eigenvalue weighted by Gasteiger charge is -2.36. The molecule has 3 aromatic rings. The number of rotatable bonds is 8. The molecule has 0 radical (unpaired) electrons. The van der Waals surface area contributed by atoms with Gasteiger partial charge in [-0.05, 0) is 40.8 Å². The quantitative estimate of drug-likeness (QED) is 0.548. The summed E-state index contributed by atoms with van der Waals surface area (Å²) in [6, 6.07) is 19.1. The monoisotopic (exact) mass is 457 g/mol. The molecule has 2 heterocycles. The number of nitrogens with zero attached hydrogens (tertiary/aromatic N) is 2. The lowest BCUT2D eigenvalue weighted by Crippen LogP contribution is -2.52. The molecule has 6 heteroatoms. The van der Waals surface area contributed by atoms with E-state index in [0.717, 1.165) is 28.0 Å². The van der Waals surface area contributed by atoms with Gasteiger partial charge in [0, 0.05) is 43.9 Å². The molecular weight excluding hydrogens is 426 g/mol. The van der Waals surface area contributed by atoms with E-state index < -0.39 is 6.04 Å². The predicted octanol–water partition coefficient (Wildman–Crippen LogP) is 4.28. The summed E-state index contributed by atoms with van der Waals surface area (Å²) in [5, 5.41) is 3.03. The molecule has 0 spiro atoms. The summed E-state index contributed by atoms with van der Waals surface area (Å²) in [4.78, 5) is 31.9. The summed E-state index contributed by atoms with van der Waals surface area (Å²) in [6.07, 6.45) is 4.49. The molecule has 6 nitrogen and oxygen atoms in total. The fraction of sp³-hybridized carbons (Fsp3) is 0.321. The molecule has 0 saturated carbocycles. The van der Waals surface area contributed by atoms with Gasteiger partial charge in [0.25, 0.3) is 0 Å². The fourth-order valence-corrected chi connectivity index (χ4v) is 4.15. The van der Waals surface area contributed by atoms with Gasteiger partial charge in [-0.25, -0.2) is 0 Å². The Kier molecular flexibility index (Phi) is 7.58. The van der Waals surface area contributed by atoms with Crippen LogP contribution in [0.5, 0.6) is 5.75 Å². The van der Waals surface area contributed by atoms with Gasteiger partial charge >= 0.3 is 0 Å². The van der Waals surface area contributed by atoms with E-state index >= 15 is 0 Å². The fourth-order valence-electron chi connectivity index (χ4n) is 4.15. The van der Waals surface area contributed by atoms with Gasteiger partial charge in [-0.2, -0.15) is 0 Å². The Morgan fingerprint density at radius 1 is 1.03 bits per heavy atom. The first-order chi connectivity index (χ1) is 16.5. The molecule has 4 rings (SSSR count). The summed E-state index contributed by atoms with van der Waals surface area (Å²) in [5.41, 5.74) is 4.22. The molecule has 2 aromatic carbocycles. The van der Waals surface area contributed by atoms with Gasteiger partial charge in [0.05, 0.1) is 0 Å². The topological polar surface area (TPSA) is 71.5 Å². The van der Waals surface area contributed by atoms with Crippen LogP contribution in [0.25, 0.3) is 0 Å². The highest BCUT2D eigenvalue weighted by atomic mass is 16.5. The van der Waals surface area contributed by atoms with Crippen LogP contribution in [0.2, 0.25) is 0 Å². The van der Waals surface area contributed by atoms with E-state index in [1.54, 1.807) is 17.3 Å². The Hall–Kier alpha value is -3.67. The number of fused-ring (bicyclic) bond motifs is 1. The Morgan fingerprint density at radius 2 is 1.79 bits per heavy atom. The largest absolute Gasteiger partial charge is 0.489 e. The van der Waals surface area contributed by atoms with Gasteiger partial charge in [0.15, 0.2) is 0 Å². The molecule has 0 aliphatic carbocycles. The molecule has 1 atom stereocenters. The van der Waals surface area contributed by atoms with E-state index in [1.807, 2.05) is 74.5 Å². The van der Waals surface area contributed by atoms with Crippen LogP contribution < -0.4 is 10.1 Å². The van der Waals surface area contributed by atoms with Crippen molar-refractivity contribution in [1.82, 2.24) is 15.2 Å². The molecule has 1 aromatic heterocycles. The molecule has 0 fully saturated rings. The second-order valence-corrected chi connectivity index (χ2v) is 9.12. The average Bonchev–Trinajstić information content (AvgIpc) is 2.86. The van der Waals surface area contributed by atoms with Crippen LogP contribution in [0.3, 0.4) is 0 Å². The van der Waals surface area contributed by atoms with Crippen molar-refractivity contribution in [2.75, 3.05) is 0 Å². The normalized spacial score (nSPS) is 15.0. The van der Waals surface area contributed by atoms with Gasteiger partial charge < -0.3 is 15.0 Å². The molecule has 0 saturated heterocycles. The van der Waals surface area contributed by atoms with Crippen LogP contribution in [-0.4, -0.2) is 27.7 Å². The van der Waals surface area contributed by atoms with Crippen molar-refractivity contribution in [2.45, 2.75) is 52.4 Å². The smallest absolute Gasteiger partial charge is 0.243 e. The number of carbonyl (C=O) groups is 2. The van der Waals surface area contributed by atoms with Crippen molar-refractivity contribution in [1.29, 1.82) is 0 Å². The van der Waals surface area contributed by atoms with E-state index in [1.165, 1.54) is 0 Å². The first kappa shape index (κ1) is 23.5. The molecular formula is C28H31N3O3. The average molecular weight is 458 g/mol. The van der Waals surface area contributed by atoms with Crippen molar-refractivity contribution >= 4 is 11.8 Å². The number of amides is 2. The first-order valence-electron chi connectivity index (χ1n) is 11.7. The van der Waals surface area contributed by atoms with Gasteiger partial charge in [-0.15, -0.1) is 0 Å². The lowest BCUT2D eigenvalue weighted by molar-refractivity contribution is -0.142. The van der Waals surface area contributed by atoms with E-state index in [2.05, 4.69) is 10.3 Å². The summed E-state index contributed by atoms with van der Waals surface area (Å²) in [7, 11) is 0. The molecule has 34 heavy (non-hydrogen) atoms. The maximum atomic E-state index is 13.2. The van der Waals surface area contributed by atoms with E-state index in [9.17, 15) is 9.59 Å². The minimum absolute atomic E-state index is 0.0276. The predicted molar refractivity (Wildman–Crippen MR) is 131 cm³/mol. The summed E-state index contributed by atoms with van der Waals surface area (Å²) in [6.45, 7) is 5.37. The second-order valence-electron chi connectivity index (χ2n) is 9.12. The third-order valence-corrected chi connectivity index (χ3v) is 5.97. The van der Waals surface area contributed by atoms with Gasteiger partial charge in [-0.3, -0.25) is 14.6 Å². The molecule has 1 unspecified atom stereocenters. The highest BCUT2D eigenvalue weighted by Gasteiger charge is 2.34. The minimum atomic E-state index is -0.497. The van der Waals surface area contributed by atoms with Crippen molar-refractivity contribution < 1.29 is 14.3 Å². The zero-order valence-electron chi connectivity index (χ0n) is 19.7. The van der Waals surface area contributed by atoms with Crippen molar-refractivity contribution in [3.63, 3.8) is 0 Å². The molecule has 1 aliphatic rings. The van der Waals surface area contributed by atoms with Crippen LogP contribution in [-0.2, 0) is 35.7 Å². The summed E-state index contributed by atoms with van der Waals surface area (Å²) >= 11 is 0. The Balaban J connectivity index is 1.37. The van der Waals surface area contributed by atoms with Crippen LogP contribution >= 0.6 is 0 Å². The van der Waals surface area contributed by atoms with E-state index in [0.29, 0.717) is 32.5 Å². The summed E-state index contributed by atoms with van der Waals surface area (Å²) in [5.74, 6) is 0.906. The van der Waals surface area contributed by atoms with E-state index in [-0.39, 0.29) is 17.7 Å². The van der Waals surface area contributed by atoms with Gasteiger partial charge in [0.2, 0.25) is 11.8 Å². The number of aromatic nitrogens is 1. The van der Waals surface area contributed by atoms with Crippen molar-refractivity contribution in [3.8, 4) is 5.75 Å². The highest BCUT2D eigenvalue weighted by Crippen LogP contribution is 2.25. The number of benzene rings is 2. The molecule has 1 N–H and O–H groups in total. The Morgan fingerprint density at radius 3 is 2.50 bits per heavy atom. The van der Waals surface area contributed by atoms with Crippen LogP contribution in [0.15, 0.2) is 73.1 Å². The number of carbonyl (C=O) groups excluding carboxylic acids is 2. The molecule has 1 aliphatic heterocycles. The Labute approximate surface area is 201 Å². The van der Waals surface area contributed by atoms with Gasteiger partial charge in [-0.1, -0.05) is 56.3 Å². The Bertz CT molecular complexity index is 1110. The van der Waals surface area contributed by atoms with E-state index in [4.69, 9.17) is 4.74 Å². The maximum Gasteiger partial charge on any atom is 0.243 e. The zero-order chi connectivity index (χ0) is 23.9. The van der Waals surface area contributed by atoms with Crippen LogP contribution in [0.4, 0.5) is 0 Å². The number of pyridine rings is 1. The highest BCUT2D eigenvalue weighted by molar-refractivity contribution is 5.88. The molecule has 0 bridgehead atoms. The first-order valence-corrected chi connectivity index (χ1v) is 11.7. The SMILES string of the molecule is CC(C)CC(=O)N1Cc2ccccc2CC1C(=O)NCc1ccc(OCc2cccnc2)cc1. The lowest BCUT2D eigenvalue weighted by atomic mass is 9.92. The number of hydrogen-bond donors (Lipinski definition) is 1. The third-order valence-electron chi connectivity index (χ3n) is 5.97. The third kappa shape index (κ3) is 6.01. The van der Waals surface area contributed by atoms with Crippen molar-refractivity contribution in [3.05, 3.63) is 95.3 Å². The number of hydrogen-bond acceptors (Lipinski definition) is 4. The standard InChI is InChI=1S/C28H31N3O3/c1-20(2)14-27(32)31-18-24-8-4-3-7-23(24)15-26(31)28(33)30-17-21-9-11-25(12-10-21)34-19-22-6-5-13-29-16-22/h3-13,16,20,26H,14-15,17-19H2,1-2H3,(H,30,33). The number of nitrogens with one attached hydrogen (secondary N) is 1. The minimum Gasteiger partial charge on any atom is -0.489 e. The van der Waals surface area contributed by atoms with Gasteiger partial charge in [0.1, 0.15) is 18.4 Å². The van der Waals surface area contributed by atoms with Crippen LogP contribution in [0, 0.1) is 5.92 Å². The zero-order valence-corrected chi connectivity index (χ0v) is 19.7. The second kappa shape index (κ2) is 11.0. The molecule has 176 valence electrons. The van der Waals surface area contributed by atoms with Crippen LogP contribution in [0.1, 0.15) is 42.5 Å².